The molecule has 1 heterocycles. The lowest BCUT2D eigenvalue weighted by atomic mass is 9.99. The molecule has 1 fully saturated rings. The van der Waals surface area contributed by atoms with Gasteiger partial charge >= 0.3 is 0 Å². The highest BCUT2D eigenvalue weighted by molar-refractivity contribution is 5.45. The maximum Gasteiger partial charge on any atom is 0.128 e. The molecule has 0 unspecified atom stereocenters. The lowest BCUT2D eigenvalue weighted by Gasteiger charge is -2.30. The fourth-order valence-electron chi connectivity index (χ4n) is 3.05. The Labute approximate surface area is 138 Å². The monoisotopic (exact) mass is 312 g/mol. The van der Waals surface area contributed by atoms with Gasteiger partial charge in [0.1, 0.15) is 5.82 Å². The van der Waals surface area contributed by atoms with E-state index in [-0.39, 0.29) is 5.82 Å². The van der Waals surface area contributed by atoms with Crippen molar-refractivity contribution in [2.45, 2.75) is 32.9 Å². The molecule has 0 radical (unpaired) electrons. The van der Waals surface area contributed by atoms with Crippen LogP contribution in [0.25, 0.3) is 0 Å². The summed E-state index contributed by atoms with van der Waals surface area (Å²) >= 11 is 0. The van der Waals surface area contributed by atoms with Gasteiger partial charge in [-0.2, -0.15) is 0 Å². The van der Waals surface area contributed by atoms with Gasteiger partial charge < -0.3 is 5.32 Å². The second kappa shape index (κ2) is 7.60. The van der Waals surface area contributed by atoms with Crippen LogP contribution in [0, 0.1) is 11.7 Å². The van der Waals surface area contributed by atoms with E-state index < -0.39 is 0 Å². The van der Waals surface area contributed by atoms with Crippen LogP contribution in [0.5, 0.6) is 0 Å². The summed E-state index contributed by atoms with van der Waals surface area (Å²) in [5, 5.41) is 3.28. The Morgan fingerprint density at radius 2 is 1.74 bits per heavy atom. The van der Waals surface area contributed by atoms with Gasteiger partial charge in [0.15, 0.2) is 0 Å². The second-order valence-electron chi connectivity index (χ2n) is 6.60. The van der Waals surface area contributed by atoms with Crippen LogP contribution >= 0.6 is 0 Å². The molecule has 2 aromatic rings. The fourth-order valence-corrected chi connectivity index (χ4v) is 3.05. The van der Waals surface area contributed by atoms with E-state index in [2.05, 4.69) is 41.4 Å². The van der Waals surface area contributed by atoms with Gasteiger partial charge in [0.2, 0.25) is 0 Å². The minimum absolute atomic E-state index is 0.157. The van der Waals surface area contributed by atoms with E-state index in [0.717, 1.165) is 18.2 Å². The van der Waals surface area contributed by atoms with Crippen molar-refractivity contribution in [1.82, 2.24) is 4.90 Å². The molecule has 0 bridgehead atoms. The minimum Gasteiger partial charge on any atom is -0.381 e. The molecular formula is C20H25FN2. The van der Waals surface area contributed by atoms with Crippen molar-refractivity contribution < 1.29 is 4.39 Å². The van der Waals surface area contributed by atoms with Crippen molar-refractivity contribution in [3.05, 3.63) is 65.5 Å². The predicted octanol–water partition coefficient (Wildman–Crippen LogP) is 4.67. The van der Waals surface area contributed by atoms with Crippen LogP contribution < -0.4 is 5.32 Å². The summed E-state index contributed by atoms with van der Waals surface area (Å²) in [4.78, 5) is 2.53. The van der Waals surface area contributed by atoms with Gasteiger partial charge in [-0.25, -0.2) is 4.39 Å². The van der Waals surface area contributed by atoms with Crippen LogP contribution in [0.1, 0.15) is 30.9 Å². The molecule has 0 aliphatic carbocycles. The van der Waals surface area contributed by atoms with Gasteiger partial charge in [-0.15, -0.1) is 0 Å². The van der Waals surface area contributed by atoms with Gasteiger partial charge in [0, 0.05) is 24.3 Å². The Morgan fingerprint density at radius 1 is 1.04 bits per heavy atom. The number of likely N-dealkylation sites (tertiary alicyclic amines) is 1. The molecule has 0 spiro atoms. The first-order chi connectivity index (χ1) is 11.2. The summed E-state index contributed by atoms with van der Waals surface area (Å²) in [6.07, 6.45) is 2.62. The van der Waals surface area contributed by atoms with Gasteiger partial charge in [0.05, 0.1) is 0 Å². The van der Waals surface area contributed by atoms with Crippen LogP contribution in [0.15, 0.2) is 48.5 Å². The SMILES string of the molecule is CC1CCN(Cc2ccc(NCc3ccccc3F)cc2)CC1. The normalized spacial score (nSPS) is 16.4. The Morgan fingerprint density at radius 3 is 2.43 bits per heavy atom. The van der Waals surface area contributed by atoms with Gasteiger partial charge in [-0.3, -0.25) is 4.90 Å². The molecule has 0 saturated carbocycles. The maximum atomic E-state index is 13.6. The summed E-state index contributed by atoms with van der Waals surface area (Å²) in [6, 6.07) is 15.4. The van der Waals surface area contributed by atoms with Crippen molar-refractivity contribution in [2.75, 3.05) is 18.4 Å². The molecule has 2 nitrogen and oxygen atoms in total. The minimum atomic E-state index is -0.157. The van der Waals surface area contributed by atoms with Crippen molar-refractivity contribution in [1.29, 1.82) is 0 Å². The standard InChI is InChI=1S/C20H25FN2/c1-16-10-12-23(13-11-16)15-17-6-8-19(9-7-17)22-14-18-4-2-3-5-20(18)21/h2-9,16,22H,10-15H2,1H3. The third kappa shape index (κ3) is 4.55. The third-order valence-electron chi connectivity index (χ3n) is 4.68. The van der Waals surface area contributed by atoms with Crippen LogP contribution in [0.3, 0.4) is 0 Å². The number of hydrogen-bond acceptors (Lipinski definition) is 2. The van der Waals surface area contributed by atoms with Gasteiger partial charge in [0.25, 0.3) is 0 Å². The third-order valence-corrected chi connectivity index (χ3v) is 4.68. The predicted molar refractivity (Wildman–Crippen MR) is 93.8 cm³/mol. The first-order valence-corrected chi connectivity index (χ1v) is 8.49. The van der Waals surface area contributed by atoms with Crippen LogP contribution in [-0.4, -0.2) is 18.0 Å². The number of nitrogens with zero attached hydrogens (tertiary/aromatic N) is 1. The van der Waals surface area contributed by atoms with E-state index in [1.165, 1.54) is 37.6 Å². The molecule has 0 aromatic heterocycles. The number of nitrogens with one attached hydrogen (secondary N) is 1. The molecule has 1 aliphatic heterocycles. The first kappa shape index (κ1) is 16.0. The van der Waals surface area contributed by atoms with Crippen molar-refractivity contribution >= 4 is 5.69 Å². The summed E-state index contributed by atoms with van der Waals surface area (Å²) in [6.45, 7) is 6.28. The molecule has 3 rings (SSSR count). The van der Waals surface area contributed by atoms with Crippen LogP contribution in [0.4, 0.5) is 10.1 Å². The van der Waals surface area contributed by atoms with Gasteiger partial charge in [-0.05, 0) is 55.6 Å². The largest absolute Gasteiger partial charge is 0.381 e. The Bertz CT molecular complexity index is 616. The zero-order valence-electron chi connectivity index (χ0n) is 13.8. The number of benzene rings is 2. The average Bonchev–Trinajstić information content (AvgIpc) is 2.58. The number of rotatable bonds is 5. The van der Waals surface area contributed by atoms with E-state index in [4.69, 9.17) is 0 Å². The molecule has 1 N–H and O–H groups in total. The van der Waals surface area contributed by atoms with E-state index in [9.17, 15) is 4.39 Å². The number of piperidine rings is 1. The topological polar surface area (TPSA) is 15.3 Å². The number of hydrogen-bond donors (Lipinski definition) is 1. The van der Waals surface area contributed by atoms with Crippen molar-refractivity contribution in [3.8, 4) is 0 Å². The average molecular weight is 312 g/mol. The molecule has 2 aromatic carbocycles. The van der Waals surface area contributed by atoms with E-state index in [1.807, 2.05) is 12.1 Å². The van der Waals surface area contributed by atoms with Crippen LogP contribution in [0.2, 0.25) is 0 Å². The van der Waals surface area contributed by atoms with E-state index in [1.54, 1.807) is 6.07 Å². The lowest BCUT2D eigenvalue weighted by Crippen LogP contribution is -2.32. The molecule has 23 heavy (non-hydrogen) atoms. The summed E-state index contributed by atoms with van der Waals surface area (Å²) in [5.74, 6) is 0.715. The highest BCUT2D eigenvalue weighted by atomic mass is 19.1. The van der Waals surface area contributed by atoms with Crippen molar-refractivity contribution in [3.63, 3.8) is 0 Å². The smallest absolute Gasteiger partial charge is 0.128 e. The molecular weight excluding hydrogens is 287 g/mol. The Hall–Kier alpha value is -1.87. The molecule has 1 aliphatic rings. The number of anilines is 1. The molecule has 1 saturated heterocycles. The summed E-state index contributed by atoms with van der Waals surface area (Å²) in [7, 11) is 0. The zero-order chi connectivity index (χ0) is 16.1. The highest BCUT2D eigenvalue weighted by Gasteiger charge is 2.15. The molecule has 0 atom stereocenters. The van der Waals surface area contributed by atoms with Crippen LogP contribution in [-0.2, 0) is 13.1 Å². The Kier molecular flexibility index (Phi) is 5.29. The summed E-state index contributed by atoms with van der Waals surface area (Å²) < 4.78 is 13.6. The van der Waals surface area contributed by atoms with Crippen molar-refractivity contribution in [2.24, 2.45) is 5.92 Å². The zero-order valence-corrected chi connectivity index (χ0v) is 13.8. The lowest BCUT2D eigenvalue weighted by molar-refractivity contribution is 0.185. The molecule has 122 valence electrons. The highest BCUT2D eigenvalue weighted by Crippen LogP contribution is 2.19. The first-order valence-electron chi connectivity index (χ1n) is 8.49. The number of halogens is 1. The maximum absolute atomic E-state index is 13.6. The summed E-state index contributed by atoms with van der Waals surface area (Å²) in [5.41, 5.74) is 3.07. The van der Waals surface area contributed by atoms with E-state index in [0.29, 0.717) is 12.1 Å². The fraction of sp³-hybridized carbons (Fsp3) is 0.400. The molecule has 0 amide bonds. The second-order valence-corrected chi connectivity index (χ2v) is 6.60. The van der Waals surface area contributed by atoms with Gasteiger partial charge in [-0.1, -0.05) is 37.3 Å². The Balaban J connectivity index is 1.52. The van der Waals surface area contributed by atoms with E-state index >= 15 is 0 Å². The molecule has 3 heteroatoms. The quantitative estimate of drug-likeness (QED) is 0.863.